The molecule has 0 aliphatic heterocycles. The molecule has 0 aromatic carbocycles. The van der Waals surface area contributed by atoms with E-state index in [0.717, 1.165) is 6.54 Å². The van der Waals surface area contributed by atoms with Gasteiger partial charge in [-0.25, -0.2) is 0 Å². The summed E-state index contributed by atoms with van der Waals surface area (Å²) >= 11 is 2.16. The van der Waals surface area contributed by atoms with Crippen molar-refractivity contribution in [1.29, 1.82) is 0 Å². The molecular formula is C8H12IN3. The summed E-state index contributed by atoms with van der Waals surface area (Å²) in [5.74, 6) is 0. The molecule has 0 atom stereocenters. The Morgan fingerprint density at radius 2 is 2.25 bits per heavy atom. The molecular weight excluding hydrogens is 265 g/mol. The first-order valence-electron chi connectivity index (χ1n) is 4.30. The molecule has 3 nitrogen and oxygen atoms in total. The average molecular weight is 277 g/mol. The Kier molecular flexibility index (Phi) is 2.65. The van der Waals surface area contributed by atoms with Crippen LogP contribution in [0, 0.1) is 0 Å². The third-order valence-electron chi connectivity index (χ3n) is 2.38. The number of hydrogen-bond acceptors (Lipinski definition) is 2. The molecule has 0 fully saturated rings. The van der Waals surface area contributed by atoms with Crippen molar-refractivity contribution in [2.45, 2.75) is 32.2 Å². The third-order valence-corrected chi connectivity index (χ3v) is 2.76. The topological polar surface area (TPSA) is 40.7 Å². The van der Waals surface area contributed by atoms with Crippen LogP contribution in [0.2, 0.25) is 0 Å². The van der Waals surface area contributed by atoms with Crippen LogP contribution in [-0.2, 0) is 19.4 Å². The lowest BCUT2D eigenvalue weighted by atomic mass is 9.96. The number of H-pyrrole nitrogens is 1. The van der Waals surface area contributed by atoms with Gasteiger partial charge in [-0.15, -0.1) is 0 Å². The monoisotopic (exact) mass is 277 g/mol. The fourth-order valence-corrected chi connectivity index (χ4v) is 2.12. The first-order valence-corrected chi connectivity index (χ1v) is 5.38. The second-order valence-electron chi connectivity index (χ2n) is 3.14. The summed E-state index contributed by atoms with van der Waals surface area (Å²) in [6, 6.07) is 0. The van der Waals surface area contributed by atoms with Crippen LogP contribution >= 0.6 is 22.9 Å². The molecule has 0 saturated heterocycles. The van der Waals surface area contributed by atoms with Gasteiger partial charge in [-0.05, 0) is 31.2 Å². The van der Waals surface area contributed by atoms with Gasteiger partial charge in [-0.3, -0.25) is 8.63 Å². The second-order valence-corrected chi connectivity index (χ2v) is 3.91. The van der Waals surface area contributed by atoms with Crippen molar-refractivity contribution in [3.63, 3.8) is 0 Å². The highest BCUT2D eigenvalue weighted by Gasteiger charge is 2.15. The smallest absolute Gasteiger partial charge is 0.0802 e. The van der Waals surface area contributed by atoms with Crippen LogP contribution in [0.3, 0.4) is 0 Å². The SMILES string of the molecule is INCc1n[nH]c2c1CCCC2. The number of aryl methyl sites for hydroxylation is 1. The van der Waals surface area contributed by atoms with Crippen molar-refractivity contribution in [2.24, 2.45) is 0 Å². The first-order chi connectivity index (χ1) is 5.92. The fraction of sp³-hybridized carbons (Fsp3) is 0.625. The molecule has 0 spiro atoms. The standard InChI is InChI=1S/C8H12IN3/c9-10-5-8-6-3-1-2-4-7(6)11-12-8/h10H,1-5H2,(H,11,12). The number of aromatic nitrogens is 2. The maximum atomic E-state index is 4.30. The minimum atomic E-state index is 0.881. The number of hydrogen-bond donors (Lipinski definition) is 2. The molecule has 1 aliphatic carbocycles. The van der Waals surface area contributed by atoms with Crippen molar-refractivity contribution in [3.05, 3.63) is 17.0 Å². The summed E-state index contributed by atoms with van der Waals surface area (Å²) in [5.41, 5.74) is 4.03. The lowest BCUT2D eigenvalue weighted by Crippen LogP contribution is -2.05. The molecule has 0 unspecified atom stereocenters. The summed E-state index contributed by atoms with van der Waals surface area (Å²) in [6.45, 7) is 0.881. The molecule has 0 radical (unpaired) electrons. The molecule has 0 bridgehead atoms. The predicted molar refractivity (Wildman–Crippen MR) is 56.1 cm³/mol. The van der Waals surface area contributed by atoms with Gasteiger partial charge >= 0.3 is 0 Å². The van der Waals surface area contributed by atoms with Crippen molar-refractivity contribution >= 4 is 22.9 Å². The Bertz CT molecular complexity index is 269. The van der Waals surface area contributed by atoms with E-state index in [0.29, 0.717) is 0 Å². The number of nitrogens with one attached hydrogen (secondary N) is 2. The van der Waals surface area contributed by atoms with Gasteiger partial charge < -0.3 is 0 Å². The normalized spacial score (nSPS) is 16.1. The quantitative estimate of drug-likeness (QED) is 0.638. The van der Waals surface area contributed by atoms with Gasteiger partial charge in [0.05, 0.1) is 5.69 Å². The Balaban J connectivity index is 2.25. The van der Waals surface area contributed by atoms with Crippen molar-refractivity contribution < 1.29 is 0 Å². The van der Waals surface area contributed by atoms with Crippen molar-refractivity contribution in [1.82, 2.24) is 13.7 Å². The Hall–Kier alpha value is -0.100. The van der Waals surface area contributed by atoms with Gasteiger partial charge in [0.2, 0.25) is 0 Å². The molecule has 4 heteroatoms. The van der Waals surface area contributed by atoms with Crippen molar-refractivity contribution in [2.75, 3.05) is 0 Å². The van der Waals surface area contributed by atoms with E-state index in [1.54, 1.807) is 0 Å². The van der Waals surface area contributed by atoms with E-state index in [1.165, 1.54) is 42.6 Å². The zero-order chi connectivity index (χ0) is 8.39. The Morgan fingerprint density at radius 3 is 3.08 bits per heavy atom. The van der Waals surface area contributed by atoms with Gasteiger partial charge in [0.15, 0.2) is 0 Å². The van der Waals surface area contributed by atoms with Gasteiger partial charge in [-0.1, -0.05) is 0 Å². The van der Waals surface area contributed by atoms with Crippen LogP contribution in [0.5, 0.6) is 0 Å². The molecule has 0 amide bonds. The predicted octanol–water partition coefficient (Wildman–Crippen LogP) is 1.73. The highest BCUT2D eigenvalue weighted by atomic mass is 127. The Labute approximate surface area is 85.8 Å². The molecule has 1 aliphatic rings. The third kappa shape index (κ3) is 1.50. The largest absolute Gasteiger partial charge is 0.282 e. The lowest BCUT2D eigenvalue weighted by molar-refractivity contribution is 0.672. The van der Waals surface area contributed by atoms with E-state index in [2.05, 4.69) is 36.6 Å². The molecule has 2 N–H and O–H groups in total. The highest BCUT2D eigenvalue weighted by Crippen LogP contribution is 2.21. The highest BCUT2D eigenvalue weighted by molar-refractivity contribution is 14.1. The van der Waals surface area contributed by atoms with E-state index in [-0.39, 0.29) is 0 Å². The summed E-state index contributed by atoms with van der Waals surface area (Å²) in [5, 5.41) is 7.41. The van der Waals surface area contributed by atoms with E-state index >= 15 is 0 Å². The molecule has 1 aromatic rings. The zero-order valence-electron chi connectivity index (χ0n) is 6.86. The average Bonchev–Trinajstić information content (AvgIpc) is 2.50. The van der Waals surface area contributed by atoms with Crippen LogP contribution < -0.4 is 3.53 Å². The zero-order valence-corrected chi connectivity index (χ0v) is 9.02. The van der Waals surface area contributed by atoms with Crippen LogP contribution in [0.15, 0.2) is 0 Å². The molecule has 1 aromatic heterocycles. The van der Waals surface area contributed by atoms with Crippen LogP contribution in [0.1, 0.15) is 29.8 Å². The second kappa shape index (κ2) is 3.74. The maximum Gasteiger partial charge on any atom is 0.0802 e. The first kappa shape index (κ1) is 8.50. The van der Waals surface area contributed by atoms with E-state index in [4.69, 9.17) is 0 Å². The minimum Gasteiger partial charge on any atom is -0.282 e. The van der Waals surface area contributed by atoms with E-state index < -0.39 is 0 Å². The number of nitrogens with zero attached hydrogens (tertiary/aromatic N) is 1. The Morgan fingerprint density at radius 1 is 1.42 bits per heavy atom. The van der Waals surface area contributed by atoms with Gasteiger partial charge in [0, 0.05) is 35.1 Å². The molecule has 1 heterocycles. The number of aromatic amines is 1. The molecule has 66 valence electrons. The summed E-state index contributed by atoms with van der Waals surface area (Å²) in [7, 11) is 0. The number of fused-ring (bicyclic) bond motifs is 1. The number of rotatable bonds is 2. The summed E-state index contributed by atoms with van der Waals surface area (Å²) in [4.78, 5) is 0. The van der Waals surface area contributed by atoms with Gasteiger partial charge in [-0.2, -0.15) is 5.10 Å². The van der Waals surface area contributed by atoms with E-state index in [9.17, 15) is 0 Å². The minimum absolute atomic E-state index is 0.881. The number of halogens is 1. The van der Waals surface area contributed by atoms with Crippen molar-refractivity contribution in [3.8, 4) is 0 Å². The molecule has 2 rings (SSSR count). The van der Waals surface area contributed by atoms with Crippen LogP contribution in [0.4, 0.5) is 0 Å². The van der Waals surface area contributed by atoms with E-state index in [1.807, 2.05) is 0 Å². The fourth-order valence-electron chi connectivity index (χ4n) is 1.76. The van der Waals surface area contributed by atoms with Crippen LogP contribution in [0.25, 0.3) is 0 Å². The van der Waals surface area contributed by atoms with Gasteiger partial charge in [0.25, 0.3) is 0 Å². The van der Waals surface area contributed by atoms with Gasteiger partial charge in [0.1, 0.15) is 0 Å². The maximum absolute atomic E-state index is 4.30. The molecule has 0 saturated carbocycles. The lowest BCUT2D eigenvalue weighted by Gasteiger charge is -2.10. The summed E-state index contributed by atoms with van der Waals surface area (Å²) in [6.07, 6.45) is 5.02. The summed E-state index contributed by atoms with van der Waals surface area (Å²) < 4.78 is 3.11. The van der Waals surface area contributed by atoms with Crippen LogP contribution in [-0.4, -0.2) is 10.2 Å². The molecule has 12 heavy (non-hydrogen) atoms.